The number of hydrogen-bond acceptors (Lipinski definition) is 1. The molecule has 0 unspecified atom stereocenters. The quantitative estimate of drug-likeness (QED) is 0.201. The predicted octanol–water partition coefficient (Wildman–Crippen LogP) is 11.9. The molecular formula is C43H33N. The topological polar surface area (TPSA) is 3.24 Å². The summed E-state index contributed by atoms with van der Waals surface area (Å²) in [5.41, 5.74) is 13.7. The van der Waals surface area contributed by atoms with Gasteiger partial charge in [0, 0.05) is 22.5 Å². The zero-order valence-corrected chi connectivity index (χ0v) is 25.0. The molecule has 1 nitrogen and oxygen atoms in total. The van der Waals surface area contributed by atoms with E-state index in [0.717, 1.165) is 17.1 Å². The highest BCUT2D eigenvalue weighted by atomic mass is 15.1. The SMILES string of the molecule is CC1(C)c2ccc(N(c3cccc(-c4ccccc4)c3)c3ccc4ccccc4c3)cc2-c2c(-c3ccccc3)cccc21. The molecule has 0 aliphatic heterocycles. The molecule has 1 aliphatic carbocycles. The summed E-state index contributed by atoms with van der Waals surface area (Å²) in [7, 11) is 0. The highest BCUT2D eigenvalue weighted by Crippen LogP contribution is 2.53. The smallest absolute Gasteiger partial charge is 0.0468 e. The monoisotopic (exact) mass is 563 g/mol. The lowest BCUT2D eigenvalue weighted by atomic mass is 9.82. The lowest BCUT2D eigenvalue weighted by molar-refractivity contribution is 0.660. The molecule has 0 spiro atoms. The zero-order chi connectivity index (χ0) is 29.7. The minimum absolute atomic E-state index is 0.0883. The molecule has 0 heterocycles. The molecule has 8 rings (SSSR count). The van der Waals surface area contributed by atoms with Crippen LogP contribution < -0.4 is 4.90 Å². The Kier molecular flexibility index (Phi) is 6.20. The number of nitrogens with zero attached hydrogens (tertiary/aromatic N) is 1. The lowest BCUT2D eigenvalue weighted by Gasteiger charge is -2.28. The molecule has 0 radical (unpaired) electrons. The van der Waals surface area contributed by atoms with Crippen molar-refractivity contribution in [2.45, 2.75) is 19.3 Å². The molecule has 0 atom stereocenters. The van der Waals surface area contributed by atoms with Crippen LogP contribution >= 0.6 is 0 Å². The van der Waals surface area contributed by atoms with Crippen LogP contribution in [0.25, 0.3) is 44.2 Å². The standard InChI is InChI=1S/C43H33N/c1-43(2)40-26-25-37(29-39(40)42-38(21-12-22-41(42)43)32-16-7-4-8-17-32)44(36-24-23-31-15-9-10-18-33(31)28-36)35-20-11-19-34(27-35)30-13-5-3-6-14-30/h3-29H,1-2H3. The van der Waals surface area contributed by atoms with Gasteiger partial charge in [-0.3, -0.25) is 0 Å². The van der Waals surface area contributed by atoms with Gasteiger partial charge < -0.3 is 4.90 Å². The largest absolute Gasteiger partial charge is 0.310 e. The van der Waals surface area contributed by atoms with Crippen molar-refractivity contribution in [3.63, 3.8) is 0 Å². The van der Waals surface area contributed by atoms with Gasteiger partial charge in [0.15, 0.2) is 0 Å². The van der Waals surface area contributed by atoms with Crippen molar-refractivity contribution in [3.8, 4) is 33.4 Å². The molecule has 0 bridgehead atoms. The summed E-state index contributed by atoms with van der Waals surface area (Å²) in [5.74, 6) is 0. The van der Waals surface area contributed by atoms with Crippen LogP contribution in [-0.2, 0) is 5.41 Å². The Bertz CT molecular complexity index is 2140. The fraction of sp³-hybridized carbons (Fsp3) is 0.0698. The Balaban J connectivity index is 1.35. The van der Waals surface area contributed by atoms with Crippen molar-refractivity contribution in [3.05, 3.63) is 175 Å². The Morgan fingerprint density at radius 2 is 1.00 bits per heavy atom. The number of fused-ring (bicyclic) bond motifs is 4. The molecule has 1 aliphatic rings. The molecule has 0 saturated heterocycles. The number of rotatable bonds is 5. The second kappa shape index (κ2) is 10.4. The number of anilines is 3. The van der Waals surface area contributed by atoms with Gasteiger partial charge in [-0.05, 0) is 91.7 Å². The van der Waals surface area contributed by atoms with Crippen molar-refractivity contribution >= 4 is 27.8 Å². The predicted molar refractivity (Wildman–Crippen MR) is 187 cm³/mol. The van der Waals surface area contributed by atoms with Crippen LogP contribution in [0, 0.1) is 0 Å². The second-order valence-electron chi connectivity index (χ2n) is 12.2. The first kappa shape index (κ1) is 26.2. The highest BCUT2D eigenvalue weighted by molar-refractivity contribution is 5.96. The van der Waals surface area contributed by atoms with E-state index in [1.165, 1.54) is 55.3 Å². The molecule has 0 N–H and O–H groups in total. The maximum Gasteiger partial charge on any atom is 0.0468 e. The summed E-state index contributed by atoms with van der Waals surface area (Å²) in [6, 6.07) is 59.6. The Labute approximate surface area is 259 Å². The van der Waals surface area contributed by atoms with Gasteiger partial charge in [0.2, 0.25) is 0 Å². The molecule has 7 aromatic rings. The fourth-order valence-corrected chi connectivity index (χ4v) is 7.01. The average Bonchev–Trinajstić information content (AvgIpc) is 3.31. The Hall–Kier alpha value is -5.40. The molecule has 0 saturated carbocycles. The van der Waals surface area contributed by atoms with Crippen LogP contribution in [0.2, 0.25) is 0 Å². The van der Waals surface area contributed by atoms with Gasteiger partial charge in [-0.25, -0.2) is 0 Å². The van der Waals surface area contributed by atoms with E-state index in [1.54, 1.807) is 0 Å². The molecule has 44 heavy (non-hydrogen) atoms. The lowest BCUT2D eigenvalue weighted by Crippen LogP contribution is -2.15. The molecule has 0 amide bonds. The van der Waals surface area contributed by atoms with Gasteiger partial charge in [-0.1, -0.05) is 141 Å². The third-order valence-electron chi connectivity index (χ3n) is 9.23. The van der Waals surface area contributed by atoms with Crippen molar-refractivity contribution in [1.82, 2.24) is 0 Å². The van der Waals surface area contributed by atoms with Crippen LogP contribution in [0.3, 0.4) is 0 Å². The van der Waals surface area contributed by atoms with Gasteiger partial charge in [0.25, 0.3) is 0 Å². The van der Waals surface area contributed by atoms with Crippen LogP contribution in [0.4, 0.5) is 17.1 Å². The minimum Gasteiger partial charge on any atom is -0.310 e. The first-order valence-electron chi connectivity index (χ1n) is 15.4. The Morgan fingerprint density at radius 3 is 1.80 bits per heavy atom. The van der Waals surface area contributed by atoms with Crippen molar-refractivity contribution in [2.24, 2.45) is 0 Å². The van der Waals surface area contributed by atoms with Crippen molar-refractivity contribution < 1.29 is 0 Å². The van der Waals surface area contributed by atoms with E-state index in [-0.39, 0.29) is 5.41 Å². The van der Waals surface area contributed by atoms with E-state index in [0.29, 0.717) is 0 Å². The van der Waals surface area contributed by atoms with Gasteiger partial charge in [-0.15, -0.1) is 0 Å². The summed E-state index contributed by atoms with van der Waals surface area (Å²) in [6.45, 7) is 4.72. The number of hydrogen-bond donors (Lipinski definition) is 0. The van der Waals surface area contributed by atoms with Crippen LogP contribution in [0.15, 0.2) is 164 Å². The van der Waals surface area contributed by atoms with Gasteiger partial charge in [0.1, 0.15) is 0 Å². The highest BCUT2D eigenvalue weighted by Gasteiger charge is 2.37. The molecular weight excluding hydrogens is 530 g/mol. The fourth-order valence-electron chi connectivity index (χ4n) is 7.01. The normalized spacial score (nSPS) is 13.0. The van der Waals surface area contributed by atoms with Gasteiger partial charge in [-0.2, -0.15) is 0 Å². The maximum absolute atomic E-state index is 2.42. The van der Waals surface area contributed by atoms with E-state index >= 15 is 0 Å². The zero-order valence-electron chi connectivity index (χ0n) is 25.0. The Morgan fingerprint density at radius 1 is 0.386 bits per heavy atom. The van der Waals surface area contributed by atoms with E-state index in [1.807, 2.05) is 0 Å². The average molecular weight is 564 g/mol. The van der Waals surface area contributed by atoms with Crippen molar-refractivity contribution in [2.75, 3.05) is 4.90 Å². The van der Waals surface area contributed by atoms with E-state index < -0.39 is 0 Å². The molecule has 210 valence electrons. The molecule has 7 aromatic carbocycles. The van der Waals surface area contributed by atoms with Crippen LogP contribution in [0.1, 0.15) is 25.0 Å². The third kappa shape index (κ3) is 4.32. The van der Waals surface area contributed by atoms with E-state index in [9.17, 15) is 0 Å². The van der Waals surface area contributed by atoms with E-state index in [2.05, 4.69) is 183 Å². The number of benzene rings is 7. The first-order chi connectivity index (χ1) is 21.6. The van der Waals surface area contributed by atoms with Crippen LogP contribution in [0.5, 0.6) is 0 Å². The summed E-state index contributed by atoms with van der Waals surface area (Å²) in [6.07, 6.45) is 0. The van der Waals surface area contributed by atoms with Crippen molar-refractivity contribution in [1.29, 1.82) is 0 Å². The molecule has 0 fully saturated rings. The molecule has 1 heteroatoms. The summed E-state index contributed by atoms with van der Waals surface area (Å²) >= 11 is 0. The summed E-state index contributed by atoms with van der Waals surface area (Å²) < 4.78 is 0. The minimum atomic E-state index is -0.0883. The third-order valence-corrected chi connectivity index (χ3v) is 9.23. The van der Waals surface area contributed by atoms with E-state index in [4.69, 9.17) is 0 Å². The molecule has 0 aromatic heterocycles. The van der Waals surface area contributed by atoms with Gasteiger partial charge >= 0.3 is 0 Å². The maximum atomic E-state index is 2.42. The second-order valence-corrected chi connectivity index (χ2v) is 12.2. The van der Waals surface area contributed by atoms with Crippen LogP contribution in [-0.4, -0.2) is 0 Å². The first-order valence-corrected chi connectivity index (χ1v) is 15.4. The van der Waals surface area contributed by atoms with Gasteiger partial charge in [0.05, 0.1) is 0 Å². The summed E-state index contributed by atoms with van der Waals surface area (Å²) in [4.78, 5) is 2.41. The summed E-state index contributed by atoms with van der Waals surface area (Å²) in [5, 5.41) is 2.47.